The maximum Gasteiger partial charge on any atom is 0.108 e. The predicted octanol–water partition coefficient (Wildman–Crippen LogP) is 3.50. The van der Waals surface area contributed by atoms with E-state index in [1.54, 1.807) is 0 Å². The Labute approximate surface area is 139 Å². The molecule has 0 bridgehead atoms. The summed E-state index contributed by atoms with van der Waals surface area (Å²) in [6.45, 7) is 7.05. The number of nitrogens with zero attached hydrogens (tertiary/aromatic N) is 1. The zero-order valence-electron chi connectivity index (χ0n) is 14.1. The van der Waals surface area contributed by atoms with Crippen LogP contribution >= 0.6 is 0 Å². The van der Waals surface area contributed by atoms with Gasteiger partial charge in [0, 0.05) is 6.54 Å². The third kappa shape index (κ3) is 5.47. The molecule has 0 saturated heterocycles. The van der Waals surface area contributed by atoms with Crippen LogP contribution in [0.1, 0.15) is 31.1 Å². The van der Waals surface area contributed by atoms with Crippen LogP contribution in [0.4, 0.5) is 0 Å². The summed E-state index contributed by atoms with van der Waals surface area (Å²) in [5, 5.41) is 10.3. The van der Waals surface area contributed by atoms with Gasteiger partial charge in [-0.05, 0) is 24.2 Å². The van der Waals surface area contributed by atoms with E-state index in [9.17, 15) is 5.11 Å². The van der Waals surface area contributed by atoms with Crippen molar-refractivity contribution in [3.05, 3.63) is 71.8 Å². The molecule has 1 atom stereocenters. The van der Waals surface area contributed by atoms with Gasteiger partial charge in [-0.1, -0.05) is 74.5 Å². The summed E-state index contributed by atoms with van der Waals surface area (Å²) >= 11 is 0. The first-order valence-electron chi connectivity index (χ1n) is 8.36. The second-order valence-electron chi connectivity index (χ2n) is 5.67. The highest BCUT2D eigenvalue weighted by Crippen LogP contribution is 2.25. The molecule has 0 heterocycles. The second kappa shape index (κ2) is 9.46. The van der Waals surface area contributed by atoms with Gasteiger partial charge in [0.05, 0.1) is 12.7 Å². The predicted molar refractivity (Wildman–Crippen MR) is 94.5 cm³/mol. The topological polar surface area (TPSA) is 32.7 Å². The van der Waals surface area contributed by atoms with E-state index in [0.29, 0.717) is 13.2 Å². The van der Waals surface area contributed by atoms with Gasteiger partial charge in [0.25, 0.3) is 0 Å². The van der Waals surface area contributed by atoms with Gasteiger partial charge >= 0.3 is 0 Å². The standard InChI is InChI=1S/C20H27NO2/c1-3-21(4-2)15-19(22)16-23-20(17-11-7-5-8-12-17)18-13-9-6-10-14-18/h5-14,19-20,22H,3-4,15-16H2,1-2H3/t19-/m0/s1. The summed E-state index contributed by atoms with van der Waals surface area (Å²) in [6.07, 6.45) is -0.631. The van der Waals surface area contributed by atoms with Gasteiger partial charge in [-0.2, -0.15) is 0 Å². The minimum atomic E-state index is -0.482. The Morgan fingerprint density at radius 3 is 1.78 bits per heavy atom. The summed E-state index contributed by atoms with van der Waals surface area (Å²) in [7, 11) is 0. The summed E-state index contributed by atoms with van der Waals surface area (Å²) in [4.78, 5) is 2.20. The number of likely N-dealkylation sites (N-methyl/N-ethyl adjacent to an activating group) is 1. The zero-order chi connectivity index (χ0) is 16.5. The van der Waals surface area contributed by atoms with Crippen molar-refractivity contribution < 1.29 is 9.84 Å². The maximum atomic E-state index is 10.3. The van der Waals surface area contributed by atoms with Crippen molar-refractivity contribution in [1.29, 1.82) is 0 Å². The molecule has 0 aromatic heterocycles. The molecular weight excluding hydrogens is 286 g/mol. The molecule has 0 unspecified atom stereocenters. The SMILES string of the molecule is CCN(CC)C[C@H](O)COC(c1ccccc1)c1ccccc1. The van der Waals surface area contributed by atoms with Gasteiger partial charge < -0.3 is 14.7 Å². The fourth-order valence-corrected chi connectivity index (χ4v) is 2.68. The molecule has 0 amide bonds. The first-order valence-corrected chi connectivity index (χ1v) is 8.36. The van der Waals surface area contributed by atoms with Crippen LogP contribution in [-0.2, 0) is 4.74 Å². The average Bonchev–Trinajstić information content (AvgIpc) is 2.61. The monoisotopic (exact) mass is 313 g/mol. The van der Waals surface area contributed by atoms with Gasteiger partial charge in [-0.15, -0.1) is 0 Å². The smallest absolute Gasteiger partial charge is 0.108 e. The largest absolute Gasteiger partial charge is 0.389 e. The number of aliphatic hydroxyl groups is 1. The number of hydrogen-bond donors (Lipinski definition) is 1. The average molecular weight is 313 g/mol. The Bertz CT molecular complexity index is 501. The molecular formula is C20H27NO2. The van der Waals surface area contributed by atoms with Gasteiger partial charge in [0.2, 0.25) is 0 Å². The highest BCUT2D eigenvalue weighted by atomic mass is 16.5. The maximum absolute atomic E-state index is 10.3. The van der Waals surface area contributed by atoms with Crippen molar-refractivity contribution in [1.82, 2.24) is 4.90 Å². The van der Waals surface area contributed by atoms with Crippen LogP contribution in [0.15, 0.2) is 60.7 Å². The fourth-order valence-electron chi connectivity index (χ4n) is 2.68. The number of ether oxygens (including phenoxy) is 1. The Balaban J connectivity index is 2.04. The van der Waals surface area contributed by atoms with Crippen LogP contribution in [0.5, 0.6) is 0 Å². The van der Waals surface area contributed by atoms with Crippen LogP contribution in [0.25, 0.3) is 0 Å². The lowest BCUT2D eigenvalue weighted by Gasteiger charge is -2.24. The van der Waals surface area contributed by atoms with E-state index in [-0.39, 0.29) is 6.10 Å². The Kier molecular flexibility index (Phi) is 7.27. The van der Waals surface area contributed by atoms with Crippen LogP contribution in [-0.4, -0.2) is 42.4 Å². The lowest BCUT2D eigenvalue weighted by atomic mass is 10.0. The molecule has 0 saturated carbocycles. The summed E-state index contributed by atoms with van der Waals surface area (Å²) in [5.74, 6) is 0. The third-order valence-electron chi connectivity index (χ3n) is 4.02. The molecule has 0 fully saturated rings. The van der Waals surface area contributed by atoms with Gasteiger partial charge in [-0.3, -0.25) is 0 Å². The molecule has 1 N–H and O–H groups in total. The number of aliphatic hydroxyl groups excluding tert-OH is 1. The third-order valence-corrected chi connectivity index (χ3v) is 4.02. The molecule has 0 spiro atoms. The lowest BCUT2D eigenvalue weighted by molar-refractivity contribution is -0.00720. The van der Waals surface area contributed by atoms with Crippen molar-refractivity contribution >= 4 is 0 Å². The first-order chi connectivity index (χ1) is 11.2. The summed E-state index contributed by atoms with van der Waals surface area (Å²) in [5.41, 5.74) is 2.21. The lowest BCUT2D eigenvalue weighted by Crippen LogP contribution is -2.35. The molecule has 2 aromatic rings. The Morgan fingerprint density at radius 2 is 1.35 bits per heavy atom. The van der Waals surface area contributed by atoms with Crippen LogP contribution in [0.2, 0.25) is 0 Å². The summed E-state index contributed by atoms with van der Waals surface area (Å²) in [6, 6.07) is 20.3. The van der Waals surface area contributed by atoms with Gasteiger partial charge in [0.1, 0.15) is 6.10 Å². The first kappa shape index (κ1) is 17.7. The minimum absolute atomic E-state index is 0.149. The van der Waals surface area contributed by atoms with Crippen molar-refractivity contribution in [2.45, 2.75) is 26.1 Å². The normalized spacial score (nSPS) is 12.7. The van der Waals surface area contributed by atoms with E-state index in [4.69, 9.17) is 4.74 Å². The molecule has 0 aliphatic carbocycles. The number of rotatable bonds is 9. The Morgan fingerprint density at radius 1 is 0.870 bits per heavy atom. The molecule has 0 radical (unpaired) electrons. The van der Waals surface area contributed by atoms with Gasteiger partial charge in [0.15, 0.2) is 0 Å². The number of benzene rings is 2. The fraction of sp³-hybridized carbons (Fsp3) is 0.400. The Hall–Kier alpha value is -1.68. The highest BCUT2D eigenvalue weighted by Gasteiger charge is 2.17. The van der Waals surface area contributed by atoms with Crippen molar-refractivity contribution in [3.8, 4) is 0 Å². The molecule has 3 nitrogen and oxygen atoms in total. The van der Waals surface area contributed by atoms with E-state index < -0.39 is 6.10 Å². The molecule has 3 heteroatoms. The van der Waals surface area contributed by atoms with Crippen molar-refractivity contribution in [2.24, 2.45) is 0 Å². The highest BCUT2D eigenvalue weighted by molar-refractivity contribution is 5.29. The van der Waals surface area contributed by atoms with E-state index >= 15 is 0 Å². The van der Waals surface area contributed by atoms with Crippen LogP contribution < -0.4 is 0 Å². The molecule has 2 aromatic carbocycles. The zero-order valence-corrected chi connectivity index (χ0v) is 14.1. The van der Waals surface area contributed by atoms with E-state index in [1.165, 1.54) is 0 Å². The van der Waals surface area contributed by atoms with Crippen molar-refractivity contribution in [3.63, 3.8) is 0 Å². The quantitative estimate of drug-likeness (QED) is 0.769. The second-order valence-corrected chi connectivity index (χ2v) is 5.67. The molecule has 0 aliphatic rings. The van der Waals surface area contributed by atoms with Gasteiger partial charge in [-0.25, -0.2) is 0 Å². The summed E-state index contributed by atoms with van der Waals surface area (Å²) < 4.78 is 6.09. The van der Waals surface area contributed by atoms with E-state index in [2.05, 4.69) is 43.0 Å². The van der Waals surface area contributed by atoms with Crippen LogP contribution in [0, 0.1) is 0 Å². The molecule has 2 rings (SSSR count). The van der Waals surface area contributed by atoms with E-state index in [1.807, 2.05) is 36.4 Å². The molecule has 23 heavy (non-hydrogen) atoms. The molecule has 124 valence electrons. The van der Waals surface area contributed by atoms with Crippen molar-refractivity contribution in [2.75, 3.05) is 26.2 Å². The van der Waals surface area contributed by atoms with E-state index in [0.717, 1.165) is 24.2 Å². The van der Waals surface area contributed by atoms with Crippen LogP contribution in [0.3, 0.4) is 0 Å². The molecule has 0 aliphatic heterocycles. The minimum Gasteiger partial charge on any atom is -0.389 e. The number of hydrogen-bond acceptors (Lipinski definition) is 3.